The summed E-state index contributed by atoms with van der Waals surface area (Å²) in [7, 11) is 0. The molecule has 2 N–H and O–H groups in total. The number of benzene rings is 3. The minimum Gasteiger partial charge on any atom is -0.507 e. The molecule has 2 nitrogen and oxygen atoms in total. The average molecular weight is 621 g/mol. The molecule has 1 atom stereocenters. The Morgan fingerprint density at radius 1 is 0.622 bits per heavy atom. The Balaban J connectivity index is 0. The van der Waals surface area contributed by atoms with Gasteiger partial charge in [-0.1, -0.05) is 165 Å². The van der Waals surface area contributed by atoms with Crippen molar-refractivity contribution in [3.63, 3.8) is 0 Å². The van der Waals surface area contributed by atoms with Crippen LogP contribution in [0.5, 0.6) is 5.75 Å². The Labute approximate surface area is 280 Å². The molecule has 0 aromatic heterocycles. The molecule has 2 heteroatoms. The van der Waals surface area contributed by atoms with E-state index in [0.29, 0.717) is 12.2 Å². The average Bonchev–Trinajstić information content (AvgIpc) is 3.04. The van der Waals surface area contributed by atoms with Crippen LogP contribution in [0.1, 0.15) is 174 Å². The number of phenolic OH excluding ortho intramolecular Hbond substituents is 1. The van der Waals surface area contributed by atoms with Crippen molar-refractivity contribution in [1.29, 1.82) is 0 Å². The molecule has 1 unspecified atom stereocenters. The van der Waals surface area contributed by atoms with Gasteiger partial charge in [-0.3, -0.25) is 0 Å². The van der Waals surface area contributed by atoms with E-state index in [-0.39, 0.29) is 23.4 Å². The molecule has 0 saturated carbocycles. The van der Waals surface area contributed by atoms with Crippen LogP contribution in [0.25, 0.3) is 0 Å². The minimum absolute atomic E-state index is 0.0177. The quantitative estimate of drug-likeness (QED) is 0.234. The molecule has 0 spiro atoms. The van der Waals surface area contributed by atoms with Crippen molar-refractivity contribution >= 4 is 0 Å². The van der Waals surface area contributed by atoms with Gasteiger partial charge in [0.2, 0.25) is 0 Å². The maximum absolute atomic E-state index is 11.8. The van der Waals surface area contributed by atoms with Gasteiger partial charge >= 0.3 is 0 Å². The van der Waals surface area contributed by atoms with Crippen LogP contribution in [0.15, 0.2) is 54.6 Å². The summed E-state index contributed by atoms with van der Waals surface area (Å²) < 4.78 is 0. The van der Waals surface area contributed by atoms with Crippen LogP contribution < -0.4 is 0 Å². The zero-order valence-electron chi connectivity index (χ0n) is 32.4. The lowest BCUT2D eigenvalue weighted by molar-refractivity contribution is 0.288. The van der Waals surface area contributed by atoms with Gasteiger partial charge < -0.3 is 10.2 Å². The van der Waals surface area contributed by atoms with Crippen LogP contribution in [0.3, 0.4) is 0 Å². The molecule has 0 fully saturated rings. The van der Waals surface area contributed by atoms with Crippen molar-refractivity contribution in [2.45, 2.75) is 160 Å². The van der Waals surface area contributed by atoms with Crippen LogP contribution in [-0.2, 0) is 23.7 Å². The van der Waals surface area contributed by atoms with Crippen LogP contribution in [-0.4, -0.2) is 16.8 Å². The second-order valence-electron chi connectivity index (χ2n) is 12.7. The first-order chi connectivity index (χ1) is 21.4. The number of hydrogen-bond donors (Lipinski definition) is 2. The molecule has 0 bridgehead atoms. The van der Waals surface area contributed by atoms with Gasteiger partial charge in [0.25, 0.3) is 0 Å². The van der Waals surface area contributed by atoms with Crippen molar-refractivity contribution in [3.8, 4) is 5.75 Å². The normalized spacial score (nSPS) is 11.3. The number of hydrogen-bond acceptors (Lipinski definition) is 2. The summed E-state index contributed by atoms with van der Waals surface area (Å²) in [4.78, 5) is 0. The Morgan fingerprint density at radius 2 is 1.07 bits per heavy atom. The summed E-state index contributed by atoms with van der Waals surface area (Å²) in [6, 6.07) is 19.8. The van der Waals surface area contributed by atoms with E-state index < -0.39 is 0 Å². The molecule has 0 amide bonds. The SMILES string of the molecule is CC.CC.CC.CC.CCCCc1cc(C(c2ccccc2)c2cc(CCCO)cc(C(C)(C)C)c2O)c(C)c(C(C)(C)C)c1. The van der Waals surface area contributed by atoms with Crippen LogP contribution >= 0.6 is 0 Å². The maximum atomic E-state index is 11.8. The molecule has 3 rings (SSSR count). The second kappa shape index (κ2) is 22.8. The lowest BCUT2D eigenvalue weighted by Gasteiger charge is -2.31. The van der Waals surface area contributed by atoms with Crippen molar-refractivity contribution in [2.75, 3.05) is 6.61 Å². The molecule has 0 aliphatic rings. The highest BCUT2D eigenvalue weighted by atomic mass is 16.3. The van der Waals surface area contributed by atoms with E-state index >= 15 is 0 Å². The smallest absolute Gasteiger partial charge is 0.123 e. The van der Waals surface area contributed by atoms with Gasteiger partial charge in [-0.25, -0.2) is 0 Å². The largest absolute Gasteiger partial charge is 0.507 e. The molecular weight excluding hydrogens is 548 g/mol. The number of unbranched alkanes of at least 4 members (excludes halogenated alkanes) is 1. The predicted molar refractivity (Wildman–Crippen MR) is 203 cm³/mol. The van der Waals surface area contributed by atoms with Gasteiger partial charge in [-0.05, 0) is 82.4 Å². The summed E-state index contributed by atoms with van der Waals surface area (Å²) >= 11 is 0. The summed E-state index contributed by atoms with van der Waals surface area (Å²) in [5.74, 6) is 0.309. The Hall–Kier alpha value is -2.58. The topological polar surface area (TPSA) is 40.5 Å². The maximum Gasteiger partial charge on any atom is 0.123 e. The number of aliphatic hydroxyl groups is 1. The number of aromatic hydroxyl groups is 1. The third-order valence-corrected chi connectivity index (χ3v) is 7.52. The zero-order valence-corrected chi connectivity index (χ0v) is 32.4. The fraction of sp³-hybridized carbons (Fsp3) is 0.581. The van der Waals surface area contributed by atoms with E-state index in [1.807, 2.05) is 55.4 Å². The summed E-state index contributed by atoms with van der Waals surface area (Å²) in [6.45, 7) is 34.0. The summed E-state index contributed by atoms with van der Waals surface area (Å²) in [6.07, 6.45) is 4.89. The van der Waals surface area contributed by atoms with Gasteiger partial charge in [0, 0.05) is 18.1 Å². The van der Waals surface area contributed by atoms with Crippen LogP contribution in [0, 0.1) is 6.92 Å². The fourth-order valence-corrected chi connectivity index (χ4v) is 5.51. The van der Waals surface area contributed by atoms with E-state index in [4.69, 9.17) is 0 Å². The fourth-order valence-electron chi connectivity index (χ4n) is 5.51. The Bertz CT molecular complexity index is 1100. The first-order valence-electron chi connectivity index (χ1n) is 18.0. The number of phenols is 1. The standard InChI is InChI=1S/C35H48O2.4C2H6/c1-9-10-15-25-20-28(24(2)30(22-25)34(3,4)5)32(27-17-12-11-13-18-27)29-21-26(16-14-19-36)23-31(33(29)37)35(6,7)8;4*1-2/h11-13,17-18,20-23,32,36-37H,9-10,14-16,19H2,1-8H3;4*1-2H3. The van der Waals surface area contributed by atoms with Gasteiger partial charge in [0.05, 0.1) is 0 Å². The monoisotopic (exact) mass is 621 g/mol. The molecule has 3 aromatic carbocycles. The molecule has 0 aliphatic heterocycles. The lowest BCUT2D eigenvalue weighted by atomic mass is 9.74. The number of aliphatic hydroxyl groups excluding tert-OH is 1. The van der Waals surface area contributed by atoms with Crippen molar-refractivity contribution in [2.24, 2.45) is 0 Å². The first-order valence-corrected chi connectivity index (χ1v) is 18.0. The highest BCUT2D eigenvalue weighted by Gasteiger charge is 2.30. The molecule has 0 saturated heterocycles. The van der Waals surface area contributed by atoms with E-state index in [0.717, 1.165) is 30.4 Å². The zero-order chi connectivity index (χ0) is 35.4. The molecule has 45 heavy (non-hydrogen) atoms. The van der Waals surface area contributed by atoms with Crippen molar-refractivity contribution in [1.82, 2.24) is 0 Å². The van der Waals surface area contributed by atoms with Gasteiger partial charge in [-0.15, -0.1) is 0 Å². The van der Waals surface area contributed by atoms with E-state index in [1.165, 1.54) is 39.8 Å². The van der Waals surface area contributed by atoms with E-state index in [2.05, 4.69) is 110 Å². The Kier molecular flexibility index (Phi) is 22.6. The van der Waals surface area contributed by atoms with E-state index in [9.17, 15) is 10.2 Å². The first kappa shape index (κ1) is 44.5. The number of rotatable bonds is 9. The van der Waals surface area contributed by atoms with Crippen molar-refractivity contribution < 1.29 is 10.2 Å². The molecule has 0 aliphatic carbocycles. The van der Waals surface area contributed by atoms with Crippen LogP contribution in [0.2, 0.25) is 0 Å². The summed E-state index contributed by atoms with van der Waals surface area (Å²) in [5.41, 5.74) is 9.43. The third kappa shape index (κ3) is 13.4. The second-order valence-corrected chi connectivity index (χ2v) is 12.7. The van der Waals surface area contributed by atoms with Crippen molar-refractivity contribution in [3.05, 3.63) is 99.1 Å². The van der Waals surface area contributed by atoms with Gasteiger partial charge in [0.15, 0.2) is 0 Å². The molecule has 256 valence electrons. The van der Waals surface area contributed by atoms with E-state index in [1.54, 1.807) is 0 Å². The molecule has 0 heterocycles. The predicted octanol–water partition coefficient (Wildman–Crippen LogP) is 12.8. The number of aryl methyl sites for hydroxylation is 2. The third-order valence-electron chi connectivity index (χ3n) is 7.52. The minimum atomic E-state index is -0.204. The highest BCUT2D eigenvalue weighted by molar-refractivity contribution is 5.58. The molecule has 3 aromatic rings. The lowest BCUT2D eigenvalue weighted by Crippen LogP contribution is -2.18. The molecular formula is C43H72O2. The summed E-state index contributed by atoms with van der Waals surface area (Å²) in [5, 5.41) is 21.4. The van der Waals surface area contributed by atoms with Gasteiger partial charge in [0.1, 0.15) is 5.75 Å². The van der Waals surface area contributed by atoms with Crippen LogP contribution in [0.4, 0.5) is 0 Å². The van der Waals surface area contributed by atoms with Gasteiger partial charge in [-0.2, -0.15) is 0 Å². The molecule has 0 radical (unpaired) electrons. The Morgan fingerprint density at radius 3 is 1.51 bits per heavy atom. The highest BCUT2D eigenvalue weighted by Crippen LogP contribution is 2.45.